The molecule has 7 heteroatoms. The molecule has 0 fully saturated rings. The molecule has 124 valence electrons. The molecule has 0 saturated carbocycles. The van der Waals surface area contributed by atoms with Crippen molar-refractivity contribution in [3.63, 3.8) is 0 Å². The van der Waals surface area contributed by atoms with Crippen LogP contribution in [0.3, 0.4) is 0 Å². The normalized spacial score (nSPS) is 11.7. The lowest BCUT2D eigenvalue weighted by atomic mass is 9.96. The molecule has 0 spiro atoms. The quantitative estimate of drug-likeness (QED) is 0.744. The minimum Gasteiger partial charge on any atom is -0.478 e. The molecule has 2 rings (SSSR count). The smallest absolute Gasteiger partial charge is 0.338 e. The number of aromatic nitrogens is 1. The van der Waals surface area contributed by atoms with Gasteiger partial charge < -0.3 is 19.6 Å². The average molecular weight is 358 g/mol. The van der Waals surface area contributed by atoms with E-state index in [2.05, 4.69) is 4.98 Å². The summed E-state index contributed by atoms with van der Waals surface area (Å²) in [6.07, 6.45) is 1.57. The Labute approximate surface area is 144 Å². The number of aromatic amines is 1. The number of carboxylic acid groups (broad SMARTS) is 1. The van der Waals surface area contributed by atoms with Gasteiger partial charge in [-0.2, -0.15) is 0 Å². The second kappa shape index (κ2) is 6.93. The van der Waals surface area contributed by atoms with Gasteiger partial charge in [0.2, 0.25) is 0 Å². The summed E-state index contributed by atoms with van der Waals surface area (Å²) in [6.45, 7) is 3.54. The van der Waals surface area contributed by atoms with Crippen molar-refractivity contribution in [1.29, 1.82) is 0 Å². The number of hydrogen-bond acceptors (Lipinski definition) is 3. The second-order valence-electron chi connectivity index (χ2n) is 5.42. The number of benzene rings is 1. The Balaban J connectivity index is 2.63. The Bertz CT molecular complexity index is 705. The third kappa shape index (κ3) is 3.53. The lowest BCUT2D eigenvalue weighted by Crippen LogP contribution is -2.26. The van der Waals surface area contributed by atoms with Crippen molar-refractivity contribution < 1.29 is 19.4 Å². The maximum atomic E-state index is 11.8. The van der Waals surface area contributed by atoms with Crippen molar-refractivity contribution >= 4 is 29.2 Å². The van der Waals surface area contributed by atoms with E-state index < -0.39 is 11.6 Å². The Hall–Kier alpha value is -1.53. The first-order valence-electron chi connectivity index (χ1n) is 6.82. The number of ether oxygens (including phenoxy) is 2. The van der Waals surface area contributed by atoms with Crippen molar-refractivity contribution in [1.82, 2.24) is 4.98 Å². The first-order valence-corrected chi connectivity index (χ1v) is 7.57. The van der Waals surface area contributed by atoms with Gasteiger partial charge in [0, 0.05) is 34.5 Å². The number of rotatable bonds is 6. The zero-order valence-corrected chi connectivity index (χ0v) is 14.5. The zero-order valence-electron chi connectivity index (χ0n) is 12.9. The van der Waals surface area contributed by atoms with Crippen LogP contribution in [0.4, 0.5) is 0 Å². The molecule has 0 bridgehead atoms. The van der Waals surface area contributed by atoms with Gasteiger partial charge in [-0.15, -0.1) is 0 Å². The van der Waals surface area contributed by atoms with E-state index in [-0.39, 0.29) is 12.4 Å². The zero-order chi connectivity index (χ0) is 17.2. The van der Waals surface area contributed by atoms with Gasteiger partial charge in [-0.25, -0.2) is 4.79 Å². The molecule has 2 aromatic rings. The maximum Gasteiger partial charge on any atom is 0.338 e. The highest BCUT2D eigenvalue weighted by Crippen LogP contribution is 2.40. The highest BCUT2D eigenvalue weighted by molar-refractivity contribution is 6.39. The van der Waals surface area contributed by atoms with Gasteiger partial charge in [-0.05, 0) is 26.0 Å². The Kier molecular flexibility index (Phi) is 5.37. The number of halogens is 2. The Morgan fingerprint density at radius 1 is 1.30 bits per heavy atom. The summed E-state index contributed by atoms with van der Waals surface area (Å²) in [5, 5.41) is 10.4. The van der Waals surface area contributed by atoms with Crippen molar-refractivity contribution in [2.45, 2.75) is 19.4 Å². The first kappa shape index (κ1) is 17.8. The van der Waals surface area contributed by atoms with Crippen LogP contribution in [-0.2, 0) is 15.1 Å². The largest absolute Gasteiger partial charge is 0.478 e. The SMILES string of the molecule is COCOC(C)(C)c1[nH]cc(-c2c(Cl)cccc2Cl)c1C(=O)O. The third-order valence-electron chi connectivity index (χ3n) is 3.47. The van der Waals surface area contributed by atoms with Gasteiger partial charge in [0.05, 0.1) is 11.3 Å². The average Bonchev–Trinajstić information content (AvgIpc) is 2.90. The van der Waals surface area contributed by atoms with Gasteiger partial charge in [0.15, 0.2) is 0 Å². The maximum absolute atomic E-state index is 11.8. The summed E-state index contributed by atoms with van der Waals surface area (Å²) < 4.78 is 10.5. The van der Waals surface area contributed by atoms with Gasteiger partial charge in [0.25, 0.3) is 0 Å². The fourth-order valence-electron chi connectivity index (χ4n) is 2.35. The van der Waals surface area contributed by atoms with E-state index in [1.165, 1.54) is 7.11 Å². The monoisotopic (exact) mass is 357 g/mol. The lowest BCUT2D eigenvalue weighted by molar-refractivity contribution is -0.120. The topological polar surface area (TPSA) is 71.5 Å². The molecule has 0 unspecified atom stereocenters. The summed E-state index contributed by atoms with van der Waals surface area (Å²) in [7, 11) is 1.50. The van der Waals surface area contributed by atoms with Gasteiger partial charge >= 0.3 is 5.97 Å². The number of H-pyrrole nitrogens is 1. The highest BCUT2D eigenvalue weighted by Gasteiger charge is 2.32. The Morgan fingerprint density at radius 2 is 1.91 bits per heavy atom. The van der Waals surface area contributed by atoms with Crippen LogP contribution in [0, 0.1) is 0 Å². The Morgan fingerprint density at radius 3 is 2.43 bits per heavy atom. The summed E-state index contributed by atoms with van der Waals surface area (Å²) >= 11 is 12.4. The molecule has 0 amide bonds. The molecular formula is C16H17Cl2NO4. The van der Waals surface area contributed by atoms with Gasteiger partial charge in [-0.3, -0.25) is 0 Å². The van der Waals surface area contributed by atoms with E-state index in [0.29, 0.717) is 26.9 Å². The van der Waals surface area contributed by atoms with E-state index in [0.717, 1.165) is 0 Å². The van der Waals surface area contributed by atoms with E-state index in [1.54, 1.807) is 38.2 Å². The van der Waals surface area contributed by atoms with Crippen LogP contribution in [0.5, 0.6) is 0 Å². The van der Waals surface area contributed by atoms with Crippen LogP contribution in [0.2, 0.25) is 10.0 Å². The number of aromatic carboxylic acids is 1. The molecule has 0 saturated heterocycles. The van der Waals surface area contributed by atoms with Crippen LogP contribution < -0.4 is 0 Å². The fraction of sp³-hybridized carbons (Fsp3) is 0.312. The number of carbonyl (C=O) groups is 1. The lowest BCUT2D eigenvalue weighted by Gasteiger charge is -2.25. The van der Waals surface area contributed by atoms with E-state index in [1.807, 2.05) is 0 Å². The molecule has 1 aromatic heterocycles. The minimum atomic E-state index is -1.10. The third-order valence-corrected chi connectivity index (χ3v) is 4.10. The standard InChI is InChI=1S/C16H17Cl2NO4/c1-16(2,23-8-22-3)14-13(15(20)21)9(7-19-14)12-10(17)5-4-6-11(12)18/h4-7,19H,8H2,1-3H3,(H,20,21). The van der Waals surface area contributed by atoms with Crippen molar-refractivity contribution in [3.8, 4) is 11.1 Å². The summed E-state index contributed by atoms with van der Waals surface area (Å²) in [5.74, 6) is -1.10. The molecule has 0 aliphatic rings. The van der Waals surface area contributed by atoms with Crippen LogP contribution in [0.1, 0.15) is 29.9 Å². The number of hydrogen-bond donors (Lipinski definition) is 2. The molecule has 1 heterocycles. The van der Waals surface area contributed by atoms with Gasteiger partial charge in [0.1, 0.15) is 12.4 Å². The van der Waals surface area contributed by atoms with Crippen LogP contribution in [-0.4, -0.2) is 30.0 Å². The fourth-order valence-corrected chi connectivity index (χ4v) is 2.95. The summed E-state index contributed by atoms with van der Waals surface area (Å²) in [4.78, 5) is 14.8. The molecule has 0 radical (unpaired) electrons. The molecule has 0 aliphatic heterocycles. The molecule has 2 N–H and O–H groups in total. The van der Waals surface area contributed by atoms with E-state index >= 15 is 0 Å². The van der Waals surface area contributed by atoms with Crippen molar-refractivity contribution in [2.75, 3.05) is 13.9 Å². The number of nitrogens with one attached hydrogen (secondary N) is 1. The van der Waals surface area contributed by atoms with Crippen LogP contribution >= 0.6 is 23.2 Å². The van der Waals surface area contributed by atoms with Crippen molar-refractivity contribution in [2.24, 2.45) is 0 Å². The van der Waals surface area contributed by atoms with Crippen molar-refractivity contribution in [3.05, 3.63) is 45.7 Å². The molecule has 23 heavy (non-hydrogen) atoms. The molecule has 1 aromatic carbocycles. The second-order valence-corrected chi connectivity index (χ2v) is 6.23. The summed E-state index contributed by atoms with van der Waals surface area (Å²) in [5.41, 5.74) is 0.472. The van der Waals surface area contributed by atoms with Crippen LogP contribution in [0.15, 0.2) is 24.4 Å². The molecular weight excluding hydrogens is 341 g/mol. The number of methoxy groups -OCH3 is 1. The first-order chi connectivity index (χ1) is 10.8. The van der Waals surface area contributed by atoms with Crippen LogP contribution in [0.25, 0.3) is 11.1 Å². The van der Waals surface area contributed by atoms with E-state index in [4.69, 9.17) is 32.7 Å². The molecule has 5 nitrogen and oxygen atoms in total. The van der Waals surface area contributed by atoms with E-state index in [9.17, 15) is 9.90 Å². The van der Waals surface area contributed by atoms with Gasteiger partial charge in [-0.1, -0.05) is 29.3 Å². The molecule has 0 atom stereocenters. The summed E-state index contributed by atoms with van der Waals surface area (Å²) in [6, 6.07) is 5.02. The number of carboxylic acids is 1. The predicted molar refractivity (Wildman–Crippen MR) is 89.2 cm³/mol. The minimum absolute atomic E-state index is 0.0350. The predicted octanol–water partition coefficient (Wildman–Crippen LogP) is 4.54. The highest BCUT2D eigenvalue weighted by atomic mass is 35.5. The molecule has 0 aliphatic carbocycles.